The number of halogens is 3. The maximum atomic E-state index is 13.3. The van der Waals surface area contributed by atoms with Crippen LogP contribution < -0.4 is 11.1 Å². The minimum absolute atomic E-state index is 0.205. The van der Waals surface area contributed by atoms with Crippen molar-refractivity contribution < 1.29 is 4.39 Å². The van der Waals surface area contributed by atoms with Crippen molar-refractivity contribution in [1.82, 2.24) is 9.97 Å². The van der Waals surface area contributed by atoms with Gasteiger partial charge in [-0.15, -0.1) is 0 Å². The highest BCUT2D eigenvalue weighted by molar-refractivity contribution is 9.10. The third kappa shape index (κ3) is 2.88. The molecule has 0 aliphatic heterocycles. The largest absolute Gasteiger partial charge is 0.382 e. The molecule has 7 heteroatoms. The number of anilines is 2. The van der Waals surface area contributed by atoms with Crippen LogP contribution in [0.4, 0.5) is 16.0 Å². The van der Waals surface area contributed by atoms with Crippen LogP contribution in [0, 0.1) is 5.82 Å². The monoisotopic (exact) mass is 330 g/mol. The smallest absolute Gasteiger partial charge is 0.150 e. The zero-order chi connectivity index (χ0) is 13.1. The lowest BCUT2D eigenvalue weighted by atomic mass is 10.2. The van der Waals surface area contributed by atoms with Gasteiger partial charge in [-0.3, -0.25) is 0 Å². The Bertz CT molecular complexity index is 579. The standard InChI is InChI=1S/C11H9BrClFN4/c12-7-2-1-6(3-8(7)14)4-16-11-9(13)10(15)17-5-18-11/h1-3,5H,4H2,(H3,15,16,17,18). The Hall–Kier alpha value is -1.40. The fourth-order valence-electron chi connectivity index (χ4n) is 1.34. The molecule has 0 spiro atoms. The molecule has 2 rings (SSSR count). The van der Waals surface area contributed by atoms with Gasteiger partial charge in [0.25, 0.3) is 0 Å². The molecule has 1 aromatic carbocycles. The molecule has 0 bridgehead atoms. The highest BCUT2D eigenvalue weighted by atomic mass is 79.9. The van der Waals surface area contributed by atoms with E-state index in [1.807, 2.05) is 0 Å². The van der Waals surface area contributed by atoms with E-state index in [1.165, 1.54) is 12.4 Å². The first-order valence-corrected chi connectivity index (χ1v) is 6.19. The maximum absolute atomic E-state index is 13.3. The van der Waals surface area contributed by atoms with Crippen LogP contribution in [0.25, 0.3) is 0 Å². The summed E-state index contributed by atoms with van der Waals surface area (Å²) in [7, 11) is 0. The molecule has 0 saturated heterocycles. The predicted molar refractivity (Wildman–Crippen MR) is 72.9 cm³/mol. The van der Waals surface area contributed by atoms with Crippen molar-refractivity contribution in [2.75, 3.05) is 11.1 Å². The number of hydrogen-bond acceptors (Lipinski definition) is 4. The minimum atomic E-state index is -0.317. The number of rotatable bonds is 3. The van der Waals surface area contributed by atoms with Gasteiger partial charge < -0.3 is 11.1 Å². The van der Waals surface area contributed by atoms with Crippen LogP contribution in [0.1, 0.15) is 5.56 Å². The number of nitrogens with one attached hydrogen (secondary N) is 1. The second kappa shape index (κ2) is 5.49. The molecule has 2 aromatic rings. The maximum Gasteiger partial charge on any atom is 0.150 e. The molecule has 1 aromatic heterocycles. The number of nitrogens with two attached hydrogens (primary N) is 1. The van der Waals surface area contributed by atoms with Crippen LogP contribution >= 0.6 is 27.5 Å². The number of nitrogen functional groups attached to an aromatic ring is 1. The van der Waals surface area contributed by atoms with Gasteiger partial charge in [0.15, 0.2) is 5.82 Å². The van der Waals surface area contributed by atoms with Crippen molar-refractivity contribution in [1.29, 1.82) is 0 Å². The van der Waals surface area contributed by atoms with Crippen molar-refractivity contribution in [3.63, 3.8) is 0 Å². The molecular formula is C11H9BrClFN4. The second-order valence-electron chi connectivity index (χ2n) is 3.52. The molecule has 0 saturated carbocycles. The first kappa shape index (κ1) is 13.0. The minimum Gasteiger partial charge on any atom is -0.382 e. The van der Waals surface area contributed by atoms with Crippen LogP contribution in [-0.4, -0.2) is 9.97 Å². The zero-order valence-corrected chi connectivity index (χ0v) is 11.5. The lowest BCUT2D eigenvalue weighted by Gasteiger charge is -2.08. The fourth-order valence-corrected chi connectivity index (χ4v) is 1.75. The summed E-state index contributed by atoms with van der Waals surface area (Å²) in [4.78, 5) is 7.71. The van der Waals surface area contributed by atoms with E-state index >= 15 is 0 Å². The molecule has 3 N–H and O–H groups in total. The number of nitrogens with zero attached hydrogens (tertiary/aromatic N) is 2. The van der Waals surface area contributed by atoms with Crippen molar-refractivity contribution in [3.8, 4) is 0 Å². The topological polar surface area (TPSA) is 63.8 Å². The van der Waals surface area contributed by atoms with Gasteiger partial charge in [0.2, 0.25) is 0 Å². The van der Waals surface area contributed by atoms with Crippen molar-refractivity contribution in [3.05, 3.63) is 45.4 Å². The first-order chi connectivity index (χ1) is 8.58. The van der Waals surface area contributed by atoms with E-state index in [2.05, 4.69) is 31.2 Å². The van der Waals surface area contributed by atoms with Crippen molar-refractivity contribution in [2.45, 2.75) is 6.54 Å². The normalized spacial score (nSPS) is 10.4. The summed E-state index contributed by atoms with van der Waals surface area (Å²) >= 11 is 9.01. The summed E-state index contributed by atoms with van der Waals surface area (Å²) in [6, 6.07) is 4.86. The Morgan fingerprint density at radius 3 is 2.89 bits per heavy atom. The molecule has 0 fully saturated rings. The zero-order valence-electron chi connectivity index (χ0n) is 9.12. The lowest BCUT2D eigenvalue weighted by molar-refractivity contribution is 0.619. The number of hydrogen-bond donors (Lipinski definition) is 2. The molecule has 1 heterocycles. The highest BCUT2D eigenvalue weighted by Crippen LogP contribution is 2.24. The van der Waals surface area contributed by atoms with E-state index < -0.39 is 0 Å². The number of benzene rings is 1. The van der Waals surface area contributed by atoms with Gasteiger partial charge >= 0.3 is 0 Å². The van der Waals surface area contributed by atoms with Crippen LogP contribution in [0.3, 0.4) is 0 Å². The molecule has 0 aliphatic carbocycles. The molecule has 4 nitrogen and oxygen atoms in total. The Kier molecular flexibility index (Phi) is 3.98. The van der Waals surface area contributed by atoms with E-state index in [9.17, 15) is 4.39 Å². The van der Waals surface area contributed by atoms with Crippen LogP contribution in [0.15, 0.2) is 29.0 Å². The van der Waals surface area contributed by atoms with E-state index in [-0.39, 0.29) is 16.7 Å². The van der Waals surface area contributed by atoms with Gasteiger partial charge in [-0.1, -0.05) is 17.7 Å². The predicted octanol–water partition coefficient (Wildman–Crippen LogP) is 3.23. The van der Waals surface area contributed by atoms with Crippen LogP contribution in [0.2, 0.25) is 5.02 Å². The fraction of sp³-hybridized carbons (Fsp3) is 0.0909. The molecule has 94 valence electrons. The van der Waals surface area contributed by atoms with Gasteiger partial charge in [-0.25, -0.2) is 14.4 Å². The van der Waals surface area contributed by atoms with Gasteiger partial charge in [-0.05, 0) is 33.6 Å². The highest BCUT2D eigenvalue weighted by Gasteiger charge is 2.06. The van der Waals surface area contributed by atoms with Gasteiger partial charge in [0.05, 0.1) is 4.47 Å². The second-order valence-corrected chi connectivity index (χ2v) is 4.76. The summed E-state index contributed by atoms with van der Waals surface area (Å²) in [6.07, 6.45) is 1.31. The molecule has 0 aliphatic rings. The summed E-state index contributed by atoms with van der Waals surface area (Å²) in [5, 5.41) is 3.23. The molecule has 0 atom stereocenters. The van der Waals surface area contributed by atoms with Crippen LogP contribution in [-0.2, 0) is 6.54 Å². The summed E-state index contributed by atoms with van der Waals surface area (Å²) < 4.78 is 13.7. The Morgan fingerprint density at radius 2 is 2.17 bits per heavy atom. The third-order valence-electron chi connectivity index (χ3n) is 2.26. The summed E-state index contributed by atoms with van der Waals surface area (Å²) in [5.74, 6) is 0.311. The molecule has 0 unspecified atom stereocenters. The Labute approximate surface area is 117 Å². The van der Waals surface area contributed by atoms with E-state index in [4.69, 9.17) is 17.3 Å². The van der Waals surface area contributed by atoms with Gasteiger partial charge in [-0.2, -0.15) is 0 Å². The average Bonchev–Trinajstić information content (AvgIpc) is 2.35. The quantitative estimate of drug-likeness (QED) is 0.906. The van der Waals surface area contributed by atoms with E-state index in [1.54, 1.807) is 12.1 Å². The van der Waals surface area contributed by atoms with E-state index in [0.717, 1.165) is 5.56 Å². The molecule has 18 heavy (non-hydrogen) atoms. The SMILES string of the molecule is Nc1ncnc(NCc2ccc(Br)c(F)c2)c1Cl. The molecule has 0 amide bonds. The molecule has 0 radical (unpaired) electrons. The molecular weight excluding hydrogens is 323 g/mol. The van der Waals surface area contributed by atoms with Gasteiger partial charge in [0, 0.05) is 6.54 Å². The van der Waals surface area contributed by atoms with Crippen LogP contribution in [0.5, 0.6) is 0 Å². The van der Waals surface area contributed by atoms with E-state index in [0.29, 0.717) is 16.8 Å². The lowest BCUT2D eigenvalue weighted by Crippen LogP contribution is -2.04. The number of aromatic nitrogens is 2. The first-order valence-electron chi connectivity index (χ1n) is 5.01. The third-order valence-corrected chi connectivity index (χ3v) is 3.28. The van der Waals surface area contributed by atoms with Crippen molar-refractivity contribution in [2.24, 2.45) is 0 Å². The van der Waals surface area contributed by atoms with Gasteiger partial charge in [0.1, 0.15) is 23.0 Å². The Balaban J connectivity index is 2.11. The van der Waals surface area contributed by atoms with Crippen molar-refractivity contribution >= 4 is 39.2 Å². The summed E-state index contributed by atoms with van der Waals surface area (Å²) in [6.45, 7) is 0.389. The summed E-state index contributed by atoms with van der Waals surface area (Å²) in [5.41, 5.74) is 6.31. The average molecular weight is 332 g/mol. The Morgan fingerprint density at radius 1 is 1.39 bits per heavy atom.